The summed E-state index contributed by atoms with van der Waals surface area (Å²) in [7, 11) is 0. The van der Waals surface area contributed by atoms with Gasteiger partial charge in [-0.1, -0.05) is 0 Å². The van der Waals surface area contributed by atoms with E-state index in [9.17, 15) is 9.59 Å². The summed E-state index contributed by atoms with van der Waals surface area (Å²) < 4.78 is 0. The Labute approximate surface area is 91.0 Å². The van der Waals surface area contributed by atoms with Crippen LogP contribution in [0.25, 0.3) is 0 Å². The Bertz CT molecular complexity index is 227. The van der Waals surface area contributed by atoms with Crippen LogP contribution in [0.5, 0.6) is 0 Å². The molecule has 3 N–H and O–H groups in total. The van der Waals surface area contributed by atoms with Gasteiger partial charge in [-0.15, -0.1) is 0 Å². The number of nitrogens with zero attached hydrogens (tertiary/aromatic N) is 1. The smallest absolute Gasteiger partial charge is 0.239 e. The van der Waals surface area contributed by atoms with Crippen LogP contribution in [-0.4, -0.2) is 41.9 Å². The zero-order chi connectivity index (χ0) is 12.0. The maximum atomic E-state index is 11.8. The van der Waals surface area contributed by atoms with E-state index in [0.29, 0.717) is 13.1 Å². The van der Waals surface area contributed by atoms with Crippen molar-refractivity contribution in [3.05, 3.63) is 0 Å². The minimum atomic E-state index is -0.487. The summed E-state index contributed by atoms with van der Waals surface area (Å²) in [6.07, 6.45) is 0. The topological polar surface area (TPSA) is 75.4 Å². The lowest BCUT2D eigenvalue weighted by atomic mass is 10.2. The first kappa shape index (κ1) is 13.9. The number of hydrogen-bond donors (Lipinski definition) is 2. The Kier molecular flexibility index (Phi) is 5.93. The van der Waals surface area contributed by atoms with E-state index in [2.05, 4.69) is 5.32 Å². The van der Waals surface area contributed by atoms with Crippen molar-refractivity contribution in [3.8, 4) is 0 Å². The van der Waals surface area contributed by atoms with E-state index in [1.165, 1.54) is 0 Å². The van der Waals surface area contributed by atoms with Gasteiger partial charge in [0.1, 0.15) is 0 Å². The zero-order valence-corrected chi connectivity index (χ0v) is 9.91. The van der Waals surface area contributed by atoms with Crippen molar-refractivity contribution in [1.82, 2.24) is 10.2 Å². The zero-order valence-electron chi connectivity index (χ0n) is 9.91. The fourth-order valence-corrected chi connectivity index (χ4v) is 1.34. The van der Waals surface area contributed by atoms with Crippen molar-refractivity contribution in [2.75, 3.05) is 13.1 Å². The highest BCUT2D eigenvalue weighted by molar-refractivity contribution is 5.84. The van der Waals surface area contributed by atoms with Gasteiger partial charge in [-0.3, -0.25) is 14.9 Å². The van der Waals surface area contributed by atoms with Gasteiger partial charge < -0.3 is 10.6 Å². The molecule has 0 radical (unpaired) electrons. The molecule has 0 saturated carbocycles. The molecular weight excluding hydrogens is 194 g/mol. The van der Waals surface area contributed by atoms with Gasteiger partial charge in [-0.2, -0.15) is 0 Å². The molecule has 0 fully saturated rings. The molecule has 0 aromatic carbocycles. The van der Waals surface area contributed by atoms with Crippen LogP contribution in [0.15, 0.2) is 0 Å². The van der Waals surface area contributed by atoms with Crippen molar-refractivity contribution >= 4 is 11.8 Å². The first-order valence-electron chi connectivity index (χ1n) is 5.28. The summed E-state index contributed by atoms with van der Waals surface area (Å²) in [5.74, 6) is -0.456. The Morgan fingerprint density at radius 1 is 1.20 bits per heavy atom. The maximum Gasteiger partial charge on any atom is 0.239 e. The summed E-state index contributed by atoms with van der Waals surface area (Å²) in [4.78, 5) is 24.3. The highest BCUT2D eigenvalue weighted by atomic mass is 16.2. The third-order valence-corrected chi connectivity index (χ3v) is 2.37. The van der Waals surface area contributed by atoms with Gasteiger partial charge in [0.15, 0.2) is 0 Å². The van der Waals surface area contributed by atoms with Gasteiger partial charge in [-0.05, 0) is 27.7 Å². The molecule has 0 heterocycles. The molecule has 0 rings (SSSR count). The van der Waals surface area contributed by atoms with Crippen LogP contribution in [0, 0.1) is 0 Å². The second kappa shape index (κ2) is 6.40. The molecule has 0 saturated heterocycles. The molecule has 15 heavy (non-hydrogen) atoms. The predicted molar refractivity (Wildman–Crippen MR) is 59.2 cm³/mol. The SMILES string of the molecule is CCN(CC)C(=O)C(C)NC(C)C(N)=O. The molecule has 0 aliphatic heterocycles. The minimum absolute atomic E-state index is 0.00639. The van der Waals surface area contributed by atoms with Crippen LogP contribution in [0.3, 0.4) is 0 Å². The van der Waals surface area contributed by atoms with Gasteiger partial charge >= 0.3 is 0 Å². The van der Waals surface area contributed by atoms with E-state index in [1.54, 1.807) is 18.7 Å². The quantitative estimate of drug-likeness (QED) is 0.639. The fraction of sp³-hybridized carbons (Fsp3) is 0.800. The lowest BCUT2D eigenvalue weighted by molar-refractivity contribution is -0.133. The Balaban J connectivity index is 4.26. The highest BCUT2D eigenvalue weighted by Crippen LogP contribution is 1.96. The molecule has 0 aliphatic rings. The van der Waals surface area contributed by atoms with Crippen LogP contribution in [0.2, 0.25) is 0 Å². The highest BCUT2D eigenvalue weighted by Gasteiger charge is 2.21. The molecular formula is C10H21N3O2. The summed E-state index contributed by atoms with van der Waals surface area (Å²) in [6.45, 7) is 8.57. The van der Waals surface area contributed by atoms with Crippen LogP contribution >= 0.6 is 0 Å². The second-order valence-corrected chi connectivity index (χ2v) is 3.52. The average Bonchev–Trinajstić information content (AvgIpc) is 2.19. The summed E-state index contributed by atoms with van der Waals surface area (Å²) in [6, 6.07) is -0.869. The fourth-order valence-electron chi connectivity index (χ4n) is 1.34. The summed E-state index contributed by atoms with van der Waals surface area (Å²) >= 11 is 0. The Hall–Kier alpha value is -1.10. The number of rotatable bonds is 6. The van der Waals surface area contributed by atoms with Gasteiger partial charge in [0.2, 0.25) is 11.8 Å². The summed E-state index contributed by atoms with van der Waals surface area (Å²) in [5, 5.41) is 2.86. The molecule has 2 atom stereocenters. The van der Waals surface area contributed by atoms with Crippen LogP contribution in [-0.2, 0) is 9.59 Å². The summed E-state index contributed by atoms with van der Waals surface area (Å²) in [5.41, 5.74) is 5.10. The molecule has 2 amide bonds. The molecule has 0 aromatic heterocycles. The van der Waals surface area contributed by atoms with Crippen molar-refractivity contribution in [2.45, 2.75) is 39.8 Å². The lowest BCUT2D eigenvalue weighted by Gasteiger charge is -2.24. The van der Waals surface area contributed by atoms with E-state index in [0.717, 1.165) is 0 Å². The molecule has 0 aromatic rings. The van der Waals surface area contributed by atoms with Gasteiger partial charge in [0, 0.05) is 13.1 Å². The average molecular weight is 215 g/mol. The van der Waals surface area contributed by atoms with Crippen molar-refractivity contribution in [2.24, 2.45) is 5.73 Å². The Morgan fingerprint density at radius 2 is 1.67 bits per heavy atom. The van der Waals surface area contributed by atoms with Crippen LogP contribution in [0.4, 0.5) is 0 Å². The predicted octanol–water partition coefficient (Wildman–Crippen LogP) is -0.293. The molecule has 5 nitrogen and oxygen atoms in total. The number of carbonyl (C=O) groups excluding carboxylic acids is 2. The monoisotopic (exact) mass is 215 g/mol. The van der Waals surface area contributed by atoms with Gasteiger partial charge in [0.05, 0.1) is 12.1 Å². The number of amides is 2. The molecule has 0 aliphatic carbocycles. The molecule has 0 bridgehead atoms. The van der Waals surface area contributed by atoms with Crippen molar-refractivity contribution in [3.63, 3.8) is 0 Å². The molecule has 2 unspecified atom stereocenters. The minimum Gasteiger partial charge on any atom is -0.368 e. The molecule has 88 valence electrons. The van der Waals surface area contributed by atoms with Crippen molar-refractivity contribution in [1.29, 1.82) is 0 Å². The first-order chi connectivity index (χ1) is 6.93. The number of primary amides is 1. The normalized spacial score (nSPS) is 14.4. The van der Waals surface area contributed by atoms with E-state index >= 15 is 0 Å². The van der Waals surface area contributed by atoms with E-state index in [1.807, 2.05) is 13.8 Å². The number of nitrogens with one attached hydrogen (secondary N) is 1. The number of hydrogen-bond acceptors (Lipinski definition) is 3. The second-order valence-electron chi connectivity index (χ2n) is 3.52. The number of nitrogens with two attached hydrogens (primary N) is 1. The maximum absolute atomic E-state index is 11.8. The molecule has 5 heteroatoms. The van der Waals surface area contributed by atoms with Gasteiger partial charge in [-0.25, -0.2) is 0 Å². The largest absolute Gasteiger partial charge is 0.368 e. The lowest BCUT2D eigenvalue weighted by Crippen LogP contribution is -2.51. The van der Waals surface area contributed by atoms with Crippen molar-refractivity contribution < 1.29 is 9.59 Å². The van der Waals surface area contributed by atoms with Crippen LogP contribution < -0.4 is 11.1 Å². The van der Waals surface area contributed by atoms with E-state index in [4.69, 9.17) is 5.73 Å². The third-order valence-electron chi connectivity index (χ3n) is 2.37. The van der Waals surface area contributed by atoms with Crippen LogP contribution in [0.1, 0.15) is 27.7 Å². The molecule has 0 spiro atoms. The third kappa shape index (κ3) is 4.29. The standard InChI is InChI=1S/C10H21N3O2/c1-5-13(6-2)10(15)8(4)12-7(3)9(11)14/h7-8,12H,5-6H2,1-4H3,(H2,11,14). The number of carbonyl (C=O) groups is 2. The number of likely N-dealkylation sites (N-methyl/N-ethyl adjacent to an activating group) is 1. The van der Waals surface area contributed by atoms with E-state index in [-0.39, 0.29) is 11.9 Å². The Morgan fingerprint density at radius 3 is 2.00 bits per heavy atom. The van der Waals surface area contributed by atoms with Gasteiger partial charge in [0.25, 0.3) is 0 Å². The van der Waals surface area contributed by atoms with E-state index < -0.39 is 11.9 Å². The first-order valence-corrected chi connectivity index (χ1v) is 5.28.